The van der Waals surface area contributed by atoms with Crippen molar-refractivity contribution in [3.05, 3.63) is 166 Å². The fourth-order valence-corrected chi connectivity index (χ4v) is 6.61. The molecule has 0 atom stereocenters. The van der Waals surface area contributed by atoms with Gasteiger partial charge < -0.3 is 9.80 Å². The van der Waals surface area contributed by atoms with Crippen LogP contribution in [0.15, 0.2) is 110 Å². The van der Waals surface area contributed by atoms with E-state index in [0.29, 0.717) is 0 Å². The van der Waals surface area contributed by atoms with Gasteiger partial charge in [-0.1, -0.05) is 73.8 Å². The van der Waals surface area contributed by atoms with Crippen LogP contribution in [0.4, 0.5) is 34.1 Å². The molecule has 0 radical (unpaired) electrons. The van der Waals surface area contributed by atoms with E-state index >= 15 is 0 Å². The molecule has 0 aromatic heterocycles. The summed E-state index contributed by atoms with van der Waals surface area (Å²) < 4.78 is 0. The van der Waals surface area contributed by atoms with Gasteiger partial charge in [-0.2, -0.15) is 0 Å². The lowest BCUT2D eigenvalue weighted by Gasteiger charge is -2.34. The highest BCUT2D eigenvalue weighted by Gasteiger charge is 2.27. The molecular formula is C46H46N2. The lowest BCUT2D eigenvalue weighted by atomic mass is 9.92. The zero-order chi connectivity index (χ0) is 34.3. The van der Waals surface area contributed by atoms with Gasteiger partial charge in [0.1, 0.15) is 0 Å². The molecule has 2 nitrogen and oxygen atoms in total. The van der Waals surface area contributed by atoms with Crippen LogP contribution in [-0.4, -0.2) is 0 Å². The van der Waals surface area contributed by atoms with Crippen LogP contribution < -0.4 is 9.80 Å². The van der Waals surface area contributed by atoms with Crippen molar-refractivity contribution in [1.29, 1.82) is 0 Å². The van der Waals surface area contributed by atoms with Gasteiger partial charge in [0.05, 0.1) is 11.4 Å². The highest BCUT2D eigenvalue weighted by atomic mass is 15.2. The molecule has 0 amide bonds. The monoisotopic (exact) mass is 626 g/mol. The first kappa shape index (κ1) is 32.6. The van der Waals surface area contributed by atoms with Gasteiger partial charge in [-0.05, 0) is 148 Å². The van der Waals surface area contributed by atoms with Gasteiger partial charge in [0.2, 0.25) is 0 Å². The van der Waals surface area contributed by atoms with Gasteiger partial charge in [0.25, 0.3) is 0 Å². The molecule has 0 heterocycles. The van der Waals surface area contributed by atoms with Crippen LogP contribution in [0, 0.1) is 55.4 Å². The fourth-order valence-electron chi connectivity index (χ4n) is 6.61. The van der Waals surface area contributed by atoms with E-state index in [0.717, 1.165) is 56.0 Å². The van der Waals surface area contributed by atoms with Crippen molar-refractivity contribution in [3.63, 3.8) is 0 Å². The molecule has 48 heavy (non-hydrogen) atoms. The van der Waals surface area contributed by atoms with Crippen molar-refractivity contribution < 1.29 is 0 Å². The molecule has 0 unspecified atom stereocenters. The zero-order valence-corrected chi connectivity index (χ0v) is 29.7. The van der Waals surface area contributed by atoms with Crippen molar-refractivity contribution in [1.82, 2.24) is 0 Å². The first-order valence-corrected chi connectivity index (χ1v) is 16.8. The van der Waals surface area contributed by atoms with Crippen LogP contribution in [0.1, 0.15) is 55.6 Å². The van der Waals surface area contributed by atoms with Crippen molar-refractivity contribution >= 4 is 57.0 Å². The lowest BCUT2D eigenvalue weighted by molar-refractivity contribution is 1.22. The highest BCUT2D eigenvalue weighted by Crippen LogP contribution is 2.51. The van der Waals surface area contributed by atoms with Crippen molar-refractivity contribution in [2.75, 3.05) is 9.80 Å². The second kappa shape index (κ2) is 13.0. The number of nitrogens with zero attached hydrogens (tertiary/aromatic N) is 2. The van der Waals surface area contributed by atoms with Crippen LogP contribution in [0.2, 0.25) is 0 Å². The van der Waals surface area contributed by atoms with Crippen molar-refractivity contribution in [2.45, 2.75) is 55.4 Å². The Hall–Kier alpha value is -5.34. The molecule has 0 spiro atoms. The average molecular weight is 627 g/mol. The Morgan fingerprint density at radius 2 is 0.646 bits per heavy atom. The van der Waals surface area contributed by atoms with Crippen LogP contribution in [0.25, 0.3) is 22.9 Å². The van der Waals surface area contributed by atoms with Gasteiger partial charge in [0.15, 0.2) is 0 Å². The Balaban J connectivity index is 1.77. The summed E-state index contributed by atoms with van der Waals surface area (Å²) in [7, 11) is 0. The van der Waals surface area contributed by atoms with Crippen molar-refractivity contribution in [3.8, 4) is 0 Å². The minimum absolute atomic E-state index is 1.04. The standard InChI is InChI=1S/C46H46N2/c1-11-41-42(12-2)46(48(39-23-19-31(5)35(9)27-39)40-24-20-32(6)36(10)28-40)44-16-14-13-15-43(44)45(41)47(37-21-17-29(3)33(7)25-37)38-22-18-30(4)34(8)26-38/h11-28H,1-2H2,3-10H3. The summed E-state index contributed by atoms with van der Waals surface area (Å²) in [6.07, 6.45) is 4.02. The Kier molecular flexibility index (Phi) is 8.86. The summed E-state index contributed by atoms with van der Waals surface area (Å²) in [6, 6.07) is 35.8. The number of hydrogen-bond acceptors (Lipinski definition) is 2. The molecule has 0 N–H and O–H groups in total. The summed E-state index contributed by atoms with van der Waals surface area (Å²) in [5.74, 6) is 0. The average Bonchev–Trinajstić information content (AvgIpc) is 3.08. The van der Waals surface area contributed by atoms with Crippen LogP contribution in [0.3, 0.4) is 0 Å². The Morgan fingerprint density at radius 1 is 0.375 bits per heavy atom. The topological polar surface area (TPSA) is 6.48 Å². The summed E-state index contributed by atoms with van der Waals surface area (Å²) >= 11 is 0. The van der Waals surface area contributed by atoms with E-state index in [4.69, 9.17) is 0 Å². The molecule has 240 valence electrons. The smallest absolute Gasteiger partial charge is 0.0619 e. The molecule has 6 rings (SSSR count). The fraction of sp³-hybridized carbons (Fsp3) is 0.174. The first-order chi connectivity index (χ1) is 23.0. The van der Waals surface area contributed by atoms with Gasteiger partial charge in [-0.25, -0.2) is 0 Å². The van der Waals surface area contributed by atoms with Crippen LogP contribution in [-0.2, 0) is 0 Å². The third-order valence-electron chi connectivity index (χ3n) is 10.1. The summed E-state index contributed by atoms with van der Waals surface area (Å²) in [4.78, 5) is 4.82. The predicted molar refractivity (Wildman–Crippen MR) is 211 cm³/mol. The summed E-state index contributed by atoms with van der Waals surface area (Å²) in [5.41, 5.74) is 18.8. The number of aryl methyl sites for hydroxylation is 8. The molecule has 0 bridgehead atoms. The highest BCUT2D eigenvalue weighted by molar-refractivity contribution is 6.13. The molecule has 0 saturated heterocycles. The SMILES string of the molecule is C=Cc1c(C=C)c(N(c2ccc(C)c(C)c2)c2ccc(C)c(C)c2)c2ccccc2c1N(c1ccc(C)c(C)c1)c1ccc(C)c(C)c1. The van der Waals surface area contributed by atoms with Gasteiger partial charge in [-0.15, -0.1) is 0 Å². The number of anilines is 6. The molecule has 0 aliphatic heterocycles. The molecule has 0 aliphatic rings. The van der Waals surface area contributed by atoms with Crippen LogP contribution >= 0.6 is 0 Å². The third kappa shape index (κ3) is 5.73. The van der Waals surface area contributed by atoms with E-state index in [-0.39, 0.29) is 0 Å². The van der Waals surface area contributed by atoms with Crippen LogP contribution in [0.5, 0.6) is 0 Å². The second-order valence-electron chi connectivity index (χ2n) is 13.2. The van der Waals surface area contributed by atoms with E-state index in [2.05, 4.69) is 175 Å². The third-order valence-corrected chi connectivity index (χ3v) is 10.1. The maximum absolute atomic E-state index is 4.44. The number of fused-ring (bicyclic) bond motifs is 1. The maximum atomic E-state index is 4.44. The minimum Gasteiger partial charge on any atom is -0.309 e. The molecule has 0 aliphatic carbocycles. The van der Waals surface area contributed by atoms with Gasteiger partial charge >= 0.3 is 0 Å². The van der Waals surface area contributed by atoms with Crippen molar-refractivity contribution in [2.24, 2.45) is 0 Å². The largest absolute Gasteiger partial charge is 0.309 e. The molecule has 2 heteroatoms. The molecular weight excluding hydrogens is 581 g/mol. The number of benzene rings is 6. The second-order valence-corrected chi connectivity index (χ2v) is 13.2. The molecule has 0 saturated carbocycles. The first-order valence-electron chi connectivity index (χ1n) is 16.8. The van der Waals surface area contributed by atoms with E-state index < -0.39 is 0 Å². The predicted octanol–water partition coefficient (Wildman–Crippen LogP) is 13.5. The zero-order valence-electron chi connectivity index (χ0n) is 29.7. The Morgan fingerprint density at radius 3 is 0.875 bits per heavy atom. The van der Waals surface area contributed by atoms with E-state index in [1.807, 2.05) is 12.2 Å². The quantitative estimate of drug-likeness (QED) is 0.166. The number of hydrogen-bond donors (Lipinski definition) is 0. The minimum atomic E-state index is 1.04. The molecule has 6 aromatic carbocycles. The molecule has 6 aromatic rings. The lowest BCUT2D eigenvalue weighted by Crippen LogP contribution is -2.17. The summed E-state index contributed by atoms with van der Waals surface area (Å²) in [6.45, 7) is 26.3. The normalized spacial score (nSPS) is 11.1. The van der Waals surface area contributed by atoms with Gasteiger partial charge in [-0.3, -0.25) is 0 Å². The Labute approximate surface area is 287 Å². The van der Waals surface area contributed by atoms with Gasteiger partial charge in [0, 0.05) is 44.6 Å². The molecule has 0 fully saturated rings. The van der Waals surface area contributed by atoms with E-state index in [1.165, 1.54) is 44.5 Å². The Bertz CT molecular complexity index is 1960. The summed E-state index contributed by atoms with van der Waals surface area (Å²) in [5, 5.41) is 2.28. The maximum Gasteiger partial charge on any atom is 0.0619 e. The number of rotatable bonds is 8. The van der Waals surface area contributed by atoms with E-state index in [9.17, 15) is 0 Å². The van der Waals surface area contributed by atoms with E-state index in [1.54, 1.807) is 0 Å².